The zero-order valence-electron chi connectivity index (χ0n) is 13.6. The SMILES string of the molecule is CN1CCN(c2cc(C(=O)NCc3ccccc3Cl)ncn2)CC1. The van der Waals surface area contributed by atoms with Crippen LogP contribution >= 0.6 is 11.6 Å². The van der Waals surface area contributed by atoms with Crippen molar-refractivity contribution in [3.63, 3.8) is 0 Å². The van der Waals surface area contributed by atoms with Crippen LogP contribution in [0.1, 0.15) is 16.1 Å². The molecular weight excluding hydrogens is 326 g/mol. The Balaban J connectivity index is 1.65. The van der Waals surface area contributed by atoms with E-state index >= 15 is 0 Å². The van der Waals surface area contributed by atoms with E-state index in [0.717, 1.165) is 37.6 Å². The molecule has 1 aliphatic rings. The summed E-state index contributed by atoms with van der Waals surface area (Å²) in [5.41, 5.74) is 1.24. The average molecular weight is 346 g/mol. The molecule has 2 aromatic rings. The Labute approximate surface area is 146 Å². The number of aromatic nitrogens is 2. The van der Waals surface area contributed by atoms with Crippen LogP contribution in [0.25, 0.3) is 0 Å². The van der Waals surface area contributed by atoms with E-state index in [1.807, 2.05) is 18.2 Å². The predicted octanol–water partition coefficient (Wildman–Crippen LogP) is 1.81. The van der Waals surface area contributed by atoms with Crippen molar-refractivity contribution >= 4 is 23.3 Å². The minimum Gasteiger partial charge on any atom is -0.354 e. The molecule has 1 aromatic heterocycles. The van der Waals surface area contributed by atoms with Crippen LogP contribution in [-0.4, -0.2) is 54.0 Å². The summed E-state index contributed by atoms with van der Waals surface area (Å²) in [7, 11) is 2.10. The van der Waals surface area contributed by atoms with Crippen LogP contribution in [0.15, 0.2) is 36.7 Å². The molecule has 1 fully saturated rings. The summed E-state index contributed by atoms with van der Waals surface area (Å²) in [5, 5.41) is 3.49. The number of carbonyl (C=O) groups excluding carboxylic acids is 1. The first-order chi connectivity index (χ1) is 11.6. The first kappa shape index (κ1) is 16.7. The van der Waals surface area contributed by atoms with E-state index in [-0.39, 0.29) is 5.91 Å². The van der Waals surface area contributed by atoms with Crippen LogP contribution in [0.3, 0.4) is 0 Å². The van der Waals surface area contributed by atoms with Gasteiger partial charge in [0.25, 0.3) is 5.91 Å². The van der Waals surface area contributed by atoms with Crippen LogP contribution in [0.4, 0.5) is 5.82 Å². The van der Waals surface area contributed by atoms with Crippen molar-refractivity contribution in [1.29, 1.82) is 0 Å². The fraction of sp³-hybridized carbons (Fsp3) is 0.353. The molecule has 7 heteroatoms. The topological polar surface area (TPSA) is 61.4 Å². The number of halogens is 1. The third-order valence-electron chi connectivity index (χ3n) is 4.11. The molecule has 0 bridgehead atoms. The standard InChI is InChI=1S/C17H20ClN5O/c1-22-6-8-23(9-7-22)16-10-15(20-12-21-16)17(24)19-11-13-4-2-3-5-14(13)18/h2-5,10,12H,6-9,11H2,1H3,(H,19,24). The van der Waals surface area contributed by atoms with Gasteiger partial charge in [0.1, 0.15) is 17.8 Å². The highest BCUT2D eigenvalue weighted by atomic mass is 35.5. The monoisotopic (exact) mass is 345 g/mol. The van der Waals surface area contributed by atoms with Crippen molar-refractivity contribution in [1.82, 2.24) is 20.2 Å². The normalized spacial score (nSPS) is 15.3. The number of benzene rings is 1. The molecule has 0 aliphatic carbocycles. The molecule has 1 aromatic carbocycles. The van der Waals surface area contributed by atoms with Crippen molar-refractivity contribution < 1.29 is 4.79 Å². The number of piperazine rings is 1. The third kappa shape index (κ3) is 4.01. The third-order valence-corrected chi connectivity index (χ3v) is 4.48. The molecule has 1 N–H and O–H groups in total. The van der Waals surface area contributed by atoms with Crippen molar-refractivity contribution in [2.75, 3.05) is 38.1 Å². The molecule has 6 nitrogen and oxygen atoms in total. The van der Waals surface area contributed by atoms with Gasteiger partial charge in [-0.2, -0.15) is 0 Å². The molecule has 0 saturated carbocycles. The molecule has 1 amide bonds. The zero-order valence-corrected chi connectivity index (χ0v) is 14.3. The molecule has 0 radical (unpaired) electrons. The molecule has 0 atom stereocenters. The first-order valence-corrected chi connectivity index (χ1v) is 8.28. The van der Waals surface area contributed by atoms with Crippen LogP contribution in [0, 0.1) is 0 Å². The minimum atomic E-state index is -0.229. The Morgan fingerprint density at radius 2 is 1.96 bits per heavy atom. The van der Waals surface area contributed by atoms with E-state index < -0.39 is 0 Å². The number of hydrogen-bond acceptors (Lipinski definition) is 5. The van der Waals surface area contributed by atoms with E-state index in [2.05, 4.69) is 32.1 Å². The second-order valence-corrected chi connectivity index (χ2v) is 6.23. The van der Waals surface area contributed by atoms with Gasteiger partial charge in [-0.05, 0) is 18.7 Å². The fourth-order valence-electron chi connectivity index (χ4n) is 2.59. The molecule has 0 spiro atoms. The maximum atomic E-state index is 12.3. The highest BCUT2D eigenvalue weighted by Crippen LogP contribution is 2.15. The van der Waals surface area contributed by atoms with E-state index in [1.54, 1.807) is 12.1 Å². The Morgan fingerprint density at radius 3 is 2.71 bits per heavy atom. The van der Waals surface area contributed by atoms with E-state index in [0.29, 0.717) is 17.3 Å². The van der Waals surface area contributed by atoms with Gasteiger partial charge in [-0.1, -0.05) is 29.8 Å². The molecule has 3 rings (SSSR count). The summed E-state index contributed by atoms with van der Waals surface area (Å²) in [6.45, 7) is 4.13. The van der Waals surface area contributed by atoms with Gasteiger partial charge in [0.05, 0.1) is 0 Å². The lowest BCUT2D eigenvalue weighted by Crippen LogP contribution is -2.44. The number of amides is 1. The van der Waals surface area contributed by atoms with Crippen molar-refractivity contribution in [2.24, 2.45) is 0 Å². The van der Waals surface area contributed by atoms with Crippen LogP contribution in [0.2, 0.25) is 5.02 Å². The molecule has 0 unspecified atom stereocenters. The van der Waals surface area contributed by atoms with E-state index in [9.17, 15) is 4.79 Å². The number of anilines is 1. The summed E-state index contributed by atoms with van der Waals surface area (Å²) in [6.07, 6.45) is 1.44. The highest BCUT2D eigenvalue weighted by Gasteiger charge is 2.17. The largest absolute Gasteiger partial charge is 0.354 e. The number of rotatable bonds is 4. The summed E-state index contributed by atoms with van der Waals surface area (Å²) in [6, 6.07) is 9.19. The highest BCUT2D eigenvalue weighted by molar-refractivity contribution is 6.31. The van der Waals surface area contributed by atoms with Gasteiger partial charge in [-0.3, -0.25) is 4.79 Å². The van der Waals surface area contributed by atoms with Gasteiger partial charge >= 0.3 is 0 Å². The number of nitrogens with zero attached hydrogens (tertiary/aromatic N) is 4. The Hall–Kier alpha value is -2.18. The fourth-order valence-corrected chi connectivity index (χ4v) is 2.79. The second-order valence-electron chi connectivity index (χ2n) is 5.83. The molecule has 2 heterocycles. The lowest BCUT2D eigenvalue weighted by molar-refractivity contribution is 0.0946. The maximum absolute atomic E-state index is 12.3. The number of carbonyl (C=O) groups is 1. The number of nitrogens with one attached hydrogen (secondary N) is 1. The Morgan fingerprint density at radius 1 is 1.21 bits per heavy atom. The summed E-state index contributed by atoms with van der Waals surface area (Å²) in [4.78, 5) is 25.2. The molecule has 1 saturated heterocycles. The summed E-state index contributed by atoms with van der Waals surface area (Å²) in [5.74, 6) is 0.564. The number of likely N-dealkylation sites (N-methyl/N-ethyl adjacent to an activating group) is 1. The quantitative estimate of drug-likeness (QED) is 0.915. The van der Waals surface area contributed by atoms with Crippen LogP contribution in [0.5, 0.6) is 0 Å². The number of hydrogen-bond donors (Lipinski definition) is 1. The molecule has 1 aliphatic heterocycles. The predicted molar refractivity (Wildman–Crippen MR) is 94.4 cm³/mol. The smallest absolute Gasteiger partial charge is 0.270 e. The van der Waals surface area contributed by atoms with Crippen molar-refractivity contribution in [3.05, 3.63) is 52.9 Å². The second kappa shape index (κ2) is 7.59. The van der Waals surface area contributed by atoms with Crippen LogP contribution < -0.4 is 10.2 Å². The van der Waals surface area contributed by atoms with Gasteiger partial charge in [-0.25, -0.2) is 9.97 Å². The van der Waals surface area contributed by atoms with Gasteiger partial charge < -0.3 is 15.1 Å². The summed E-state index contributed by atoms with van der Waals surface area (Å²) < 4.78 is 0. The van der Waals surface area contributed by atoms with E-state index in [1.165, 1.54) is 6.33 Å². The summed E-state index contributed by atoms with van der Waals surface area (Å²) >= 11 is 6.10. The maximum Gasteiger partial charge on any atom is 0.270 e. The molecule has 24 heavy (non-hydrogen) atoms. The van der Waals surface area contributed by atoms with Gasteiger partial charge in [0, 0.05) is 43.8 Å². The van der Waals surface area contributed by atoms with Crippen molar-refractivity contribution in [2.45, 2.75) is 6.54 Å². The Kier molecular flexibility index (Phi) is 5.27. The lowest BCUT2D eigenvalue weighted by Gasteiger charge is -2.33. The zero-order chi connectivity index (χ0) is 16.9. The van der Waals surface area contributed by atoms with Gasteiger partial charge in [0.2, 0.25) is 0 Å². The van der Waals surface area contributed by atoms with Crippen molar-refractivity contribution in [3.8, 4) is 0 Å². The van der Waals surface area contributed by atoms with E-state index in [4.69, 9.17) is 11.6 Å². The van der Waals surface area contributed by atoms with Crippen LogP contribution in [-0.2, 0) is 6.54 Å². The lowest BCUT2D eigenvalue weighted by atomic mass is 10.2. The molecule has 126 valence electrons. The van der Waals surface area contributed by atoms with Gasteiger partial charge in [-0.15, -0.1) is 0 Å². The molecular formula is C17H20ClN5O. The minimum absolute atomic E-state index is 0.229. The first-order valence-electron chi connectivity index (χ1n) is 7.90. The average Bonchev–Trinajstić information content (AvgIpc) is 2.61. The van der Waals surface area contributed by atoms with Gasteiger partial charge in [0.15, 0.2) is 0 Å². The Bertz CT molecular complexity index is 716.